The number of alkyl halides is 2. The highest BCUT2D eigenvalue weighted by Crippen LogP contribution is 2.40. The number of halogens is 2. The number of carbonyl (C=O) groups is 1. The van der Waals surface area contributed by atoms with Gasteiger partial charge in [-0.25, -0.2) is 17.2 Å². The normalized spacial score (nSPS) is 23.7. The van der Waals surface area contributed by atoms with E-state index in [1.807, 2.05) is 0 Å². The first-order valence-corrected chi connectivity index (χ1v) is 8.67. The summed E-state index contributed by atoms with van der Waals surface area (Å²) in [5.74, 6) is -6.95. The van der Waals surface area contributed by atoms with E-state index in [4.69, 9.17) is 14.6 Å². The summed E-state index contributed by atoms with van der Waals surface area (Å²) >= 11 is 0. The van der Waals surface area contributed by atoms with E-state index in [-0.39, 0.29) is 36.2 Å². The highest BCUT2D eigenvalue weighted by atomic mass is 32.2. The van der Waals surface area contributed by atoms with Crippen LogP contribution in [0.25, 0.3) is 0 Å². The molecule has 2 aliphatic rings. The summed E-state index contributed by atoms with van der Waals surface area (Å²) < 4.78 is 64.7. The molecule has 1 aromatic rings. The van der Waals surface area contributed by atoms with Gasteiger partial charge in [0.25, 0.3) is 5.92 Å². The van der Waals surface area contributed by atoms with Crippen molar-refractivity contribution in [2.45, 2.75) is 17.2 Å². The van der Waals surface area contributed by atoms with Gasteiger partial charge in [0.1, 0.15) is 24.0 Å². The van der Waals surface area contributed by atoms with Gasteiger partial charge in [0.15, 0.2) is 11.5 Å². The van der Waals surface area contributed by atoms with Crippen LogP contribution in [-0.4, -0.2) is 56.0 Å². The zero-order valence-corrected chi connectivity index (χ0v) is 13.3. The van der Waals surface area contributed by atoms with Gasteiger partial charge in [-0.2, -0.15) is 4.31 Å². The Kier molecular flexibility index (Phi) is 4.12. The predicted octanol–water partition coefficient (Wildman–Crippen LogP) is 1.19. The number of nitrogens with zero attached hydrogens (tertiary/aromatic N) is 1. The highest BCUT2D eigenvalue weighted by Gasteiger charge is 2.51. The van der Waals surface area contributed by atoms with E-state index < -0.39 is 40.8 Å². The second kappa shape index (κ2) is 5.85. The molecule has 0 spiro atoms. The molecule has 7 nitrogen and oxygen atoms in total. The fourth-order valence-corrected chi connectivity index (χ4v) is 4.42. The fourth-order valence-electron chi connectivity index (χ4n) is 2.81. The van der Waals surface area contributed by atoms with Crippen molar-refractivity contribution >= 4 is 16.0 Å². The number of aliphatic carboxylic acids is 1. The van der Waals surface area contributed by atoms with Crippen LogP contribution in [0.15, 0.2) is 23.1 Å². The summed E-state index contributed by atoms with van der Waals surface area (Å²) in [7, 11) is -4.27. The number of hydrogen-bond acceptors (Lipinski definition) is 5. The van der Waals surface area contributed by atoms with E-state index in [0.717, 1.165) is 0 Å². The van der Waals surface area contributed by atoms with E-state index in [2.05, 4.69) is 0 Å². The molecule has 0 saturated carbocycles. The molecular formula is C14H15F2NO6S. The molecule has 132 valence electrons. The SMILES string of the molecule is O=C(O)C1CCN(S(=O)(=O)c2cccc3c2OCCO3)CC1(F)F. The standard InChI is InChI=1S/C14H15F2NO6S/c15-14(16)8-17(5-4-9(14)13(18)19)24(20,21)11-3-1-2-10-12(11)23-7-6-22-10/h1-3,9H,4-8H2,(H,18,19). The number of hydrogen-bond donors (Lipinski definition) is 1. The van der Waals surface area contributed by atoms with Crippen LogP contribution in [-0.2, 0) is 14.8 Å². The minimum Gasteiger partial charge on any atom is -0.486 e. The number of fused-ring (bicyclic) bond motifs is 1. The number of piperidine rings is 1. The van der Waals surface area contributed by atoms with Crippen molar-refractivity contribution in [1.82, 2.24) is 4.31 Å². The summed E-state index contributed by atoms with van der Waals surface area (Å²) in [4.78, 5) is 10.6. The Morgan fingerprint density at radius 3 is 2.67 bits per heavy atom. The van der Waals surface area contributed by atoms with Gasteiger partial charge < -0.3 is 14.6 Å². The van der Waals surface area contributed by atoms with Crippen LogP contribution >= 0.6 is 0 Å². The Balaban J connectivity index is 1.94. The van der Waals surface area contributed by atoms with Gasteiger partial charge in [0.2, 0.25) is 10.0 Å². The molecule has 0 bridgehead atoms. The molecule has 1 N–H and O–H groups in total. The largest absolute Gasteiger partial charge is 0.486 e. The summed E-state index contributed by atoms with van der Waals surface area (Å²) in [6.45, 7) is -1.08. The van der Waals surface area contributed by atoms with E-state index >= 15 is 0 Å². The number of rotatable bonds is 3. The third kappa shape index (κ3) is 2.80. The first-order chi connectivity index (χ1) is 11.2. The maximum absolute atomic E-state index is 14.0. The van der Waals surface area contributed by atoms with E-state index in [0.29, 0.717) is 4.31 Å². The zero-order valence-electron chi connectivity index (χ0n) is 12.4. The number of ether oxygens (including phenoxy) is 2. The lowest BCUT2D eigenvalue weighted by Gasteiger charge is -2.36. The van der Waals surface area contributed by atoms with Crippen molar-refractivity contribution in [2.24, 2.45) is 5.92 Å². The molecular weight excluding hydrogens is 348 g/mol. The third-order valence-electron chi connectivity index (χ3n) is 4.01. The van der Waals surface area contributed by atoms with Crippen LogP contribution in [0.2, 0.25) is 0 Å². The molecule has 3 rings (SSSR count). The Bertz CT molecular complexity index is 767. The fraction of sp³-hybridized carbons (Fsp3) is 0.500. The monoisotopic (exact) mass is 363 g/mol. The molecule has 0 aliphatic carbocycles. The molecule has 24 heavy (non-hydrogen) atoms. The van der Waals surface area contributed by atoms with Crippen molar-refractivity contribution in [3.05, 3.63) is 18.2 Å². The summed E-state index contributed by atoms with van der Waals surface area (Å²) in [6.07, 6.45) is -0.464. The van der Waals surface area contributed by atoms with Gasteiger partial charge in [-0.1, -0.05) is 6.07 Å². The van der Waals surface area contributed by atoms with Crippen molar-refractivity contribution in [3.63, 3.8) is 0 Å². The van der Waals surface area contributed by atoms with Gasteiger partial charge in [-0.15, -0.1) is 0 Å². The van der Waals surface area contributed by atoms with Crippen molar-refractivity contribution in [2.75, 3.05) is 26.3 Å². The lowest BCUT2D eigenvalue weighted by atomic mass is 9.94. The molecule has 0 aromatic heterocycles. The molecule has 1 unspecified atom stereocenters. The predicted molar refractivity (Wildman–Crippen MR) is 76.9 cm³/mol. The first-order valence-electron chi connectivity index (χ1n) is 7.23. The van der Waals surface area contributed by atoms with Gasteiger partial charge in [0.05, 0.1) is 6.54 Å². The van der Waals surface area contributed by atoms with E-state index in [9.17, 15) is 22.0 Å². The summed E-state index contributed by atoms with van der Waals surface area (Å²) in [5, 5.41) is 8.85. The molecule has 1 aromatic carbocycles. The van der Waals surface area contributed by atoms with Gasteiger partial charge >= 0.3 is 5.97 Å². The quantitative estimate of drug-likeness (QED) is 0.867. The van der Waals surface area contributed by atoms with Crippen LogP contribution in [0.3, 0.4) is 0 Å². The lowest BCUT2D eigenvalue weighted by Crippen LogP contribution is -2.52. The van der Waals surface area contributed by atoms with Crippen molar-refractivity contribution in [3.8, 4) is 11.5 Å². The average Bonchev–Trinajstić information content (AvgIpc) is 2.52. The van der Waals surface area contributed by atoms with E-state index in [1.165, 1.54) is 18.2 Å². The summed E-state index contributed by atoms with van der Waals surface area (Å²) in [6, 6.07) is 4.21. The number of benzene rings is 1. The lowest BCUT2D eigenvalue weighted by molar-refractivity contribution is -0.163. The number of para-hydroxylation sites is 1. The molecule has 1 saturated heterocycles. The number of carboxylic acid groups (broad SMARTS) is 1. The minimum atomic E-state index is -4.27. The topological polar surface area (TPSA) is 93.1 Å². The molecule has 0 radical (unpaired) electrons. The van der Waals surface area contributed by atoms with Crippen LogP contribution in [0.5, 0.6) is 11.5 Å². The molecule has 2 aliphatic heterocycles. The molecule has 1 fully saturated rings. The second-order valence-electron chi connectivity index (χ2n) is 5.56. The zero-order chi connectivity index (χ0) is 17.5. The summed E-state index contributed by atoms with van der Waals surface area (Å²) in [5.41, 5.74) is 0. The number of sulfonamides is 1. The Labute approximate surface area is 136 Å². The maximum atomic E-state index is 14.0. The number of carboxylic acids is 1. The molecule has 1 atom stereocenters. The van der Waals surface area contributed by atoms with Gasteiger partial charge in [0, 0.05) is 6.54 Å². The molecule has 0 amide bonds. The molecule has 10 heteroatoms. The van der Waals surface area contributed by atoms with Gasteiger partial charge in [-0.3, -0.25) is 4.79 Å². The highest BCUT2D eigenvalue weighted by molar-refractivity contribution is 7.89. The smallest absolute Gasteiger partial charge is 0.312 e. The van der Waals surface area contributed by atoms with Gasteiger partial charge in [-0.05, 0) is 18.6 Å². The van der Waals surface area contributed by atoms with Crippen LogP contribution < -0.4 is 9.47 Å². The second-order valence-corrected chi connectivity index (χ2v) is 7.47. The Hall–Kier alpha value is -1.94. The van der Waals surface area contributed by atoms with Crippen LogP contribution in [0, 0.1) is 5.92 Å². The average molecular weight is 363 g/mol. The third-order valence-corrected chi connectivity index (χ3v) is 5.88. The van der Waals surface area contributed by atoms with Crippen molar-refractivity contribution < 1.29 is 36.6 Å². The first kappa shape index (κ1) is 16.9. The van der Waals surface area contributed by atoms with Crippen LogP contribution in [0.4, 0.5) is 8.78 Å². The minimum absolute atomic E-state index is 0.00701. The van der Waals surface area contributed by atoms with Crippen LogP contribution in [0.1, 0.15) is 6.42 Å². The Morgan fingerprint density at radius 1 is 1.29 bits per heavy atom. The van der Waals surface area contributed by atoms with Crippen molar-refractivity contribution in [1.29, 1.82) is 0 Å². The van der Waals surface area contributed by atoms with E-state index in [1.54, 1.807) is 0 Å². The molecule has 2 heterocycles. The Morgan fingerprint density at radius 2 is 2.00 bits per heavy atom. The maximum Gasteiger partial charge on any atom is 0.312 e.